The van der Waals surface area contributed by atoms with Crippen LogP contribution >= 0.6 is 0 Å². The minimum atomic E-state index is -4.30. The highest BCUT2D eigenvalue weighted by atomic mass is 19.4. The topological polar surface area (TPSA) is 17.8 Å². The Morgan fingerprint density at radius 3 is 2.75 bits per heavy atom. The monoisotopic (exact) mass is 225 g/mol. The summed E-state index contributed by atoms with van der Waals surface area (Å²) in [6, 6.07) is 7.94. The van der Waals surface area contributed by atoms with E-state index in [4.69, 9.17) is 0 Å². The summed E-state index contributed by atoms with van der Waals surface area (Å²) < 4.78 is 38.8. The van der Waals surface area contributed by atoms with E-state index in [-0.39, 0.29) is 0 Å². The van der Waals surface area contributed by atoms with Crippen molar-refractivity contribution in [1.29, 1.82) is 0 Å². The van der Waals surface area contributed by atoms with Crippen LogP contribution in [0.25, 0.3) is 0 Å². The Balaban J connectivity index is 2.23. The molecule has 0 bridgehead atoms. The predicted molar refractivity (Wildman–Crippen MR) is 51.6 cm³/mol. The van der Waals surface area contributed by atoms with E-state index < -0.39 is 11.7 Å². The number of hydrogen-bond donors (Lipinski definition) is 0. The second-order valence-electron chi connectivity index (χ2n) is 3.34. The van der Waals surface area contributed by atoms with Crippen molar-refractivity contribution in [1.82, 2.24) is 9.78 Å². The molecule has 5 heteroatoms. The van der Waals surface area contributed by atoms with Crippen molar-refractivity contribution in [2.45, 2.75) is 12.7 Å². The summed E-state index contributed by atoms with van der Waals surface area (Å²) in [5, 5.41) is 3.88. The van der Waals surface area contributed by atoms with Gasteiger partial charge in [0, 0.05) is 12.3 Å². The van der Waals surface area contributed by atoms with Gasteiger partial charge in [0.1, 0.15) is 0 Å². The molecule has 0 fully saturated rings. The molecule has 0 atom stereocenters. The Morgan fingerprint density at radius 2 is 2.12 bits per heavy atom. The van der Waals surface area contributed by atoms with Crippen LogP contribution in [0.5, 0.6) is 0 Å². The maximum absolute atomic E-state index is 12.4. The summed E-state index contributed by atoms with van der Waals surface area (Å²) in [7, 11) is 0. The molecule has 83 valence electrons. The van der Waals surface area contributed by atoms with Gasteiger partial charge in [-0.05, 0) is 17.7 Å². The molecule has 0 unspecified atom stereocenters. The number of aromatic nitrogens is 2. The first-order valence-electron chi connectivity index (χ1n) is 4.60. The van der Waals surface area contributed by atoms with Crippen molar-refractivity contribution < 1.29 is 13.2 Å². The molecule has 1 aromatic carbocycles. The normalized spacial score (nSPS) is 11.7. The van der Waals surface area contributed by atoms with Crippen LogP contribution in [-0.2, 0) is 12.7 Å². The van der Waals surface area contributed by atoms with Crippen molar-refractivity contribution in [2.24, 2.45) is 0 Å². The van der Waals surface area contributed by atoms with Crippen LogP contribution in [-0.4, -0.2) is 9.78 Å². The summed E-state index contributed by atoms with van der Waals surface area (Å²) >= 11 is 0. The third-order valence-corrected chi connectivity index (χ3v) is 2.10. The van der Waals surface area contributed by atoms with Crippen molar-refractivity contribution in [2.75, 3.05) is 0 Å². The van der Waals surface area contributed by atoms with Gasteiger partial charge in [-0.1, -0.05) is 12.1 Å². The smallest absolute Gasteiger partial charge is 0.268 e. The van der Waals surface area contributed by atoms with Gasteiger partial charge in [0.15, 0.2) is 0 Å². The molecule has 0 N–H and O–H groups in total. The minimum absolute atomic E-state index is 0.313. The zero-order chi connectivity index (χ0) is 11.6. The lowest BCUT2D eigenvalue weighted by Crippen LogP contribution is -2.07. The van der Waals surface area contributed by atoms with E-state index in [0.717, 1.165) is 12.1 Å². The van der Waals surface area contributed by atoms with Crippen LogP contribution in [0.4, 0.5) is 13.2 Å². The van der Waals surface area contributed by atoms with Gasteiger partial charge in [0.2, 0.25) is 0 Å². The first kappa shape index (κ1) is 10.7. The second-order valence-corrected chi connectivity index (χ2v) is 3.34. The third kappa shape index (κ3) is 2.42. The highest BCUT2D eigenvalue weighted by Gasteiger charge is 2.30. The van der Waals surface area contributed by atoms with E-state index in [2.05, 4.69) is 11.2 Å². The third-order valence-electron chi connectivity index (χ3n) is 2.10. The molecule has 2 aromatic rings. The second kappa shape index (κ2) is 4.00. The van der Waals surface area contributed by atoms with Gasteiger partial charge in [-0.2, -0.15) is 18.3 Å². The van der Waals surface area contributed by atoms with Crippen molar-refractivity contribution >= 4 is 0 Å². The zero-order valence-corrected chi connectivity index (χ0v) is 8.20. The molecule has 0 saturated heterocycles. The predicted octanol–water partition coefficient (Wildman–Crippen LogP) is 2.75. The molecule has 2 nitrogen and oxygen atoms in total. The first-order valence-corrected chi connectivity index (χ1v) is 4.60. The molecule has 0 saturated carbocycles. The van der Waals surface area contributed by atoms with E-state index in [9.17, 15) is 13.2 Å². The van der Waals surface area contributed by atoms with Gasteiger partial charge >= 0.3 is 6.18 Å². The summed E-state index contributed by atoms with van der Waals surface area (Å²) in [4.78, 5) is 0. The minimum Gasteiger partial charge on any atom is -0.268 e. The molecule has 16 heavy (non-hydrogen) atoms. The molecule has 1 heterocycles. The standard InChI is InChI=1S/C11H8F3N2/c12-11(13,14)10-4-1-3-9(7-10)8-16-6-2-5-15-16/h1,3-7H,8H2. The summed E-state index contributed by atoms with van der Waals surface area (Å²) in [6.07, 6.45) is -1.25. The Kier molecular flexibility index (Phi) is 2.68. The SMILES string of the molecule is FC(F)(F)c1cccc(Cn2c[c]cn2)c1. The van der Waals surface area contributed by atoms with Gasteiger partial charge in [0.05, 0.1) is 18.3 Å². The first-order chi connectivity index (χ1) is 7.55. The maximum atomic E-state index is 12.4. The molecule has 1 aromatic heterocycles. The molecule has 2 rings (SSSR count). The van der Waals surface area contributed by atoms with Crippen LogP contribution in [0.3, 0.4) is 0 Å². The number of rotatable bonds is 2. The fraction of sp³-hybridized carbons (Fsp3) is 0.182. The van der Waals surface area contributed by atoms with Gasteiger partial charge < -0.3 is 0 Å². The fourth-order valence-electron chi connectivity index (χ4n) is 1.38. The van der Waals surface area contributed by atoms with Gasteiger partial charge in [-0.25, -0.2) is 0 Å². The number of halogens is 3. The molecule has 1 radical (unpaired) electrons. The zero-order valence-electron chi connectivity index (χ0n) is 8.20. The summed E-state index contributed by atoms with van der Waals surface area (Å²) in [5.74, 6) is 0. The lowest BCUT2D eigenvalue weighted by atomic mass is 10.1. The van der Waals surface area contributed by atoms with Gasteiger partial charge in [0.25, 0.3) is 0 Å². The molecular formula is C11H8F3N2. The van der Waals surface area contributed by atoms with Crippen LogP contribution in [0.1, 0.15) is 11.1 Å². The lowest BCUT2D eigenvalue weighted by molar-refractivity contribution is -0.137. The quantitative estimate of drug-likeness (QED) is 0.768. The molecule has 0 spiro atoms. The van der Waals surface area contributed by atoms with Crippen molar-refractivity contribution in [3.8, 4) is 0 Å². The van der Waals surface area contributed by atoms with E-state index in [0.29, 0.717) is 12.1 Å². The Morgan fingerprint density at radius 1 is 1.31 bits per heavy atom. The van der Waals surface area contributed by atoms with Crippen LogP contribution in [0.2, 0.25) is 0 Å². The molecule has 0 aliphatic rings. The van der Waals surface area contributed by atoms with Crippen LogP contribution in [0.15, 0.2) is 36.7 Å². The Hall–Kier alpha value is -1.78. The molecule has 0 amide bonds. The Bertz CT molecular complexity index is 460. The lowest BCUT2D eigenvalue weighted by Gasteiger charge is -2.08. The van der Waals surface area contributed by atoms with Crippen LogP contribution in [0, 0.1) is 6.07 Å². The molecule has 0 aliphatic heterocycles. The van der Waals surface area contributed by atoms with Crippen LogP contribution < -0.4 is 0 Å². The fourth-order valence-corrected chi connectivity index (χ4v) is 1.38. The van der Waals surface area contributed by atoms with Crippen molar-refractivity contribution in [3.05, 3.63) is 53.9 Å². The highest BCUT2D eigenvalue weighted by Crippen LogP contribution is 2.29. The highest BCUT2D eigenvalue weighted by molar-refractivity contribution is 5.25. The van der Waals surface area contributed by atoms with E-state index in [1.54, 1.807) is 12.3 Å². The van der Waals surface area contributed by atoms with E-state index in [1.807, 2.05) is 0 Å². The van der Waals surface area contributed by atoms with E-state index >= 15 is 0 Å². The molecule has 0 aliphatic carbocycles. The van der Waals surface area contributed by atoms with E-state index in [1.165, 1.54) is 16.9 Å². The number of nitrogens with zero attached hydrogens (tertiary/aromatic N) is 2. The number of hydrogen-bond acceptors (Lipinski definition) is 1. The summed E-state index contributed by atoms with van der Waals surface area (Å²) in [6.45, 7) is 0.313. The van der Waals surface area contributed by atoms with Gasteiger partial charge in [-0.3, -0.25) is 4.68 Å². The maximum Gasteiger partial charge on any atom is 0.416 e. The summed E-state index contributed by atoms with van der Waals surface area (Å²) in [5.41, 5.74) is -0.0759. The number of alkyl halides is 3. The Labute approximate surface area is 90.3 Å². The van der Waals surface area contributed by atoms with Gasteiger partial charge in [-0.15, -0.1) is 0 Å². The molecular weight excluding hydrogens is 217 g/mol. The average Bonchev–Trinajstić information content (AvgIpc) is 2.70. The number of benzene rings is 1. The average molecular weight is 225 g/mol. The largest absolute Gasteiger partial charge is 0.416 e. The van der Waals surface area contributed by atoms with Crippen molar-refractivity contribution in [3.63, 3.8) is 0 Å².